The van der Waals surface area contributed by atoms with Crippen LogP contribution in [0.3, 0.4) is 0 Å². The maximum atomic E-state index is 11.4. The lowest BCUT2D eigenvalue weighted by Crippen LogP contribution is -2.04. The normalized spacial score (nSPS) is 10.7. The highest BCUT2D eigenvalue weighted by atomic mass is 16.1. The Hall–Kier alpha value is -2.82. The van der Waals surface area contributed by atoms with Crippen molar-refractivity contribution in [2.75, 3.05) is 5.73 Å². The molecule has 5 heteroatoms. The average Bonchev–Trinajstić information content (AvgIpc) is 2.76. The lowest BCUT2D eigenvalue weighted by Gasteiger charge is -2.02. The molecule has 0 unspecified atom stereocenters. The van der Waals surface area contributed by atoms with Gasteiger partial charge in [-0.25, -0.2) is 4.68 Å². The van der Waals surface area contributed by atoms with E-state index >= 15 is 0 Å². The van der Waals surface area contributed by atoms with Crippen LogP contribution in [0.1, 0.15) is 5.56 Å². The molecular formula is C15H14N4O. The first kappa shape index (κ1) is 12.2. The molecule has 2 heterocycles. The van der Waals surface area contributed by atoms with Crippen molar-refractivity contribution in [2.24, 2.45) is 0 Å². The molecule has 0 aliphatic heterocycles. The van der Waals surface area contributed by atoms with Gasteiger partial charge in [0, 0.05) is 11.6 Å². The van der Waals surface area contributed by atoms with E-state index in [1.807, 2.05) is 43.3 Å². The van der Waals surface area contributed by atoms with Gasteiger partial charge >= 0.3 is 0 Å². The van der Waals surface area contributed by atoms with Gasteiger partial charge in [-0.1, -0.05) is 24.3 Å². The van der Waals surface area contributed by atoms with E-state index < -0.39 is 0 Å². The van der Waals surface area contributed by atoms with Gasteiger partial charge in [0.05, 0.1) is 11.4 Å². The smallest absolute Gasteiger partial charge is 0.248 e. The summed E-state index contributed by atoms with van der Waals surface area (Å²) >= 11 is 0. The molecule has 3 aromatic rings. The van der Waals surface area contributed by atoms with Crippen LogP contribution in [0.4, 0.5) is 5.82 Å². The van der Waals surface area contributed by atoms with Gasteiger partial charge in [0.2, 0.25) is 5.56 Å². The summed E-state index contributed by atoms with van der Waals surface area (Å²) < 4.78 is 1.68. The zero-order valence-corrected chi connectivity index (χ0v) is 11.0. The van der Waals surface area contributed by atoms with Crippen molar-refractivity contribution in [1.82, 2.24) is 14.8 Å². The van der Waals surface area contributed by atoms with Crippen LogP contribution in [-0.2, 0) is 0 Å². The van der Waals surface area contributed by atoms with Crippen molar-refractivity contribution in [3.8, 4) is 17.1 Å². The molecule has 0 aliphatic rings. The van der Waals surface area contributed by atoms with Crippen molar-refractivity contribution in [1.29, 1.82) is 0 Å². The number of nitrogens with one attached hydrogen (secondary N) is 1. The molecule has 5 nitrogen and oxygen atoms in total. The van der Waals surface area contributed by atoms with Gasteiger partial charge in [-0.05, 0) is 25.1 Å². The highest BCUT2D eigenvalue weighted by molar-refractivity contribution is 5.66. The Kier molecular flexibility index (Phi) is 2.87. The number of hydrogen-bond acceptors (Lipinski definition) is 3. The predicted octanol–water partition coefficient (Wildman–Crippen LogP) is 2.12. The number of nitrogens with zero attached hydrogens (tertiary/aromatic N) is 2. The lowest BCUT2D eigenvalue weighted by atomic mass is 10.2. The molecule has 0 amide bonds. The molecule has 1 aromatic carbocycles. The fourth-order valence-corrected chi connectivity index (χ4v) is 2.12. The number of para-hydroxylation sites is 1. The van der Waals surface area contributed by atoms with Gasteiger partial charge in [0.1, 0.15) is 11.5 Å². The molecule has 0 atom stereocenters. The second-order valence-corrected chi connectivity index (χ2v) is 4.53. The molecule has 2 aromatic heterocycles. The lowest BCUT2D eigenvalue weighted by molar-refractivity contribution is 0.892. The Bertz CT molecular complexity index is 802. The number of H-pyrrole nitrogens is 1. The number of nitrogen functional groups attached to an aromatic ring is 1. The standard InChI is InChI=1S/C15H14N4O/c1-10-14(12-8-5-9-13(20)17-12)18-19(15(10)16)11-6-3-2-4-7-11/h2-9H,16H2,1H3,(H,17,20). The van der Waals surface area contributed by atoms with Crippen LogP contribution >= 0.6 is 0 Å². The Morgan fingerprint density at radius 1 is 1.10 bits per heavy atom. The summed E-state index contributed by atoms with van der Waals surface area (Å²) in [4.78, 5) is 14.2. The van der Waals surface area contributed by atoms with E-state index in [-0.39, 0.29) is 5.56 Å². The third-order valence-electron chi connectivity index (χ3n) is 3.19. The molecule has 20 heavy (non-hydrogen) atoms. The number of rotatable bonds is 2. The van der Waals surface area contributed by atoms with Crippen LogP contribution in [0.25, 0.3) is 17.1 Å². The van der Waals surface area contributed by atoms with Crippen LogP contribution in [0, 0.1) is 6.92 Å². The summed E-state index contributed by atoms with van der Waals surface area (Å²) in [5.74, 6) is 0.566. The summed E-state index contributed by atoms with van der Waals surface area (Å²) in [7, 11) is 0. The van der Waals surface area contributed by atoms with Crippen LogP contribution in [0.5, 0.6) is 0 Å². The van der Waals surface area contributed by atoms with E-state index in [0.717, 1.165) is 11.3 Å². The molecule has 0 fully saturated rings. The molecule has 3 rings (SSSR count). The van der Waals surface area contributed by atoms with Gasteiger partial charge in [0.15, 0.2) is 0 Å². The van der Waals surface area contributed by atoms with Crippen LogP contribution in [-0.4, -0.2) is 14.8 Å². The van der Waals surface area contributed by atoms with Crippen LogP contribution in [0.2, 0.25) is 0 Å². The van der Waals surface area contributed by atoms with Crippen molar-refractivity contribution in [3.63, 3.8) is 0 Å². The Morgan fingerprint density at radius 3 is 2.55 bits per heavy atom. The molecule has 0 spiro atoms. The summed E-state index contributed by atoms with van der Waals surface area (Å²) in [6.07, 6.45) is 0. The second kappa shape index (κ2) is 4.70. The van der Waals surface area contributed by atoms with E-state index in [1.54, 1.807) is 10.7 Å². The third-order valence-corrected chi connectivity index (χ3v) is 3.19. The number of benzene rings is 1. The summed E-state index contributed by atoms with van der Waals surface area (Å²) in [6, 6.07) is 14.6. The molecule has 0 bridgehead atoms. The first-order chi connectivity index (χ1) is 9.66. The zero-order valence-electron chi connectivity index (χ0n) is 11.0. The Morgan fingerprint density at radius 2 is 1.85 bits per heavy atom. The first-order valence-corrected chi connectivity index (χ1v) is 6.27. The quantitative estimate of drug-likeness (QED) is 0.746. The van der Waals surface area contributed by atoms with E-state index in [9.17, 15) is 4.79 Å². The fourth-order valence-electron chi connectivity index (χ4n) is 2.12. The highest BCUT2D eigenvalue weighted by Crippen LogP contribution is 2.26. The van der Waals surface area contributed by atoms with Crippen molar-refractivity contribution < 1.29 is 0 Å². The molecule has 0 saturated heterocycles. The van der Waals surface area contributed by atoms with Gasteiger partial charge < -0.3 is 10.7 Å². The highest BCUT2D eigenvalue weighted by Gasteiger charge is 2.14. The van der Waals surface area contributed by atoms with Gasteiger partial charge in [0.25, 0.3) is 0 Å². The van der Waals surface area contributed by atoms with E-state index in [1.165, 1.54) is 6.07 Å². The minimum absolute atomic E-state index is 0.158. The van der Waals surface area contributed by atoms with Crippen LogP contribution in [0.15, 0.2) is 53.3 Å². The molecule has 3 N–H and O–H groups in total. The summed E-state index contributed by atoms with van der Waals surface area (Å²) in [5.41, 5.74) is 9.04. The number of aromatic amines is 1. The number of hydrogen-bond donors (Lipinski definition) is 2. The maximum Gasteiger partial charge on any atom is 0.248 e. The predicted molar refractivity (Wildman–Crippen MR) is 78.8 cm³/mol. The topological polar surface area (TPSA) is 76.7 Å². The summed E-state index contributed by atoms with van der Waals surface area (Å²) in [5, 5.41) is 4.51. The minimum atomic E-state index is -0.158. The fraction of sp³-hybridized carbons (Fsp3) is 0.0667. The molecule has 0 radical (unpaired) electrons. The molecule has 100 valence electrons. The second-order valence-electron chi connectivity index (χ2n) is 4.53. The van der Waals surface area contributed by atoms with Gasteiger partial charge in [-0.15, -0.1) is 0 Å². The first-order valence-electron chi connectivity index (χ1n) is 6.27. The SMILES string of the molecule is Cc1c(-c2cccc(=O)[nH]2)nn(-c2ccccc2)c1N. The van der Waals surface area contributed by atoms with Crippen molar-refractivity contribution >= 4 is 5.82 Å². The third kappa shape index (κ3) is 1.99. The summed E-state index contributed by atoms with van der Waals surface area (Å²) in [6.45, 7) is 1.89. The van der Waals surface area contributed by atoms with E-state index in [2.05, 4.69) is 10.1 Å². The molecular weight excluding hydrogens is 252 g/mol. The van der Waals surface area contributed by atoms with E-state index in [4.69, 9.17) is 5.73 Å². The van der Waals surface area contributed by atoms with Crippen LogP contribution < -0.4 is 11.3 Å². The Labute approximate surface area is 115 Å². The van der Waals surface area contributed by atoms with Gasteiger partial charge in [-0.2, -0.15) is 5.10 Å². The number of anilines is 1. The number of aromatic nitrogens is 3. The van der Waals surface area contributed by atoms with Gasteiger partial charge in [-0.3, -0.25) is 4.79 Å². The number of nitrogens with two attached hydrogens (primary N) is 1. The Balaban J connectivity index is 2.18. The largest absolute Gasteiger partial charge is 0.383 e. The average molecular weight is 266 g/mol. The van der Waals surface area contributed by atoms with Crippen molar-refractivity contribution in [3.05, 3.63) is 64.4 Å². The van der Waals surface area contributed by atoms with E-state index in [0.29, 0.717) is 17.2 Å². The van der Waals surface area contributed by atoms with Crippen molar-refractivity contribution in [2.45, 2.75) is 6.92 Å². The minimum Gasteiger partial charge on any atom is -0.383 e. The monoisotopic (exact) mass is 266 g/mol. The molecule has 0 aliphatic carbocycles. The number of pyridine rings is 1. The zero-order chi connectivity index (χ0) is 14.1. The maximum absolute atomic E-state index is 11.4. The molecule has 0 saturated carbocycles.